The number of carbonyl (C=O) groups excluding carboxylic acids is 1. The predicted octanol–water partition coefficient (Wildman–Crippen LogP) is 3.82. The van der Waals surface area contributed by atoms with Crippen LogP contribution in [0.25, 0.3) is 0 Å². The van der Waals surface area contributed by atoms with E-state index < -0.39 is 56.0 Å². The number of rotatable bonds is 5. The number of halogens is 5. The number of amides is 1. The van der Waals surface area contributed by atoms with Crippen molar-refractivity contribution in [3.8, 4) is 0 Å². The second-order valence-corrected chi connectivity index (χ2v) is 10.4. The van der Waals surface area contributed by atoms with Gasteiger partial charge in [-0.3, -0.25) is 4.79 Å². The van der Waals surface area contributed by atoms with Crippen LogP contribution in [0.15, 0.2) is 60.0 Å². The zero-order chi connectivity index (χ0) is 25.5. The van der Waals surface area contributed by atoms with Crippen LogP contribution in [-0.2, 0) is 23.2 Å². The van der Waals surface area contributed by atoms with E-state index in [1.165, 1.54) is 41.4 Å². The summed E-state index contributed by atoms with van der Waals surface area (Å²) in [6.45, 7) is -0.241. The van der Waals surface area contributed by atoms with Crippen LogP contribution in [0.4, 0.5) is 17.6 Å². The Hall–Kier alpha value is -2.96. The highest BCUT2D eigenvalue weighted by Crippen LogP contribution is 2.37. The van der Waals surface area contributed by atoms with Crippen molar-refractivity contribution in [2.24, 2.45) is 7.05 Å². The number of hydrogen-bond acceptors (Lipinski definition) is 4. The minimum Gasteiger partial charge on any atom is -0.347 e. The third-order valence-electron chi connectivity index (χ3n) is 5.74. The molecule has 0 unspecified atom stereocenters. The van der Waals surface area contributed by atoms with Gasteiger partial charge in [-0.15, -0.1) is 0 Å². The molecule has 35 heavy (non-hydrogen) atoms. The van der Waals surface area contributed by atoms with Crippen LogP contribution in [-0.4, -0.2) is 47.3 Å². The quantitative estimate of drug-likeness (QED) is 0.508. The number of benzene rings is 2. The number of aromatic nitrogens is 2. The first-order chi connectivity index (χ1) is 16.4. The number of hydrogen-bond donors (Lipinski definition) is 1. The number of sulfonamides is 1. The Morgan fingerprint density at radius 2 is 1.83 bits per heavy atom. The summed E-state index contributed by atoms with van der Waals surface area (Å²) in [6, 6.07) is 7.47. The van der Waals surface area contributed by atoms with Crippen LogP contribution in [0.5, 0.6) is 0 Å². The van der Waals surface area contributed by atoms with Gasteiger partial charge in [0, 0.05) is 32.3 Å². The van der Waals surface area contributed by atoms with Gasteiger partial charge in [0.05, 0.1) is 28.5 Å². The van der Waals surface area contributed by atoms with Gasteiger partial charge in [0.2, 0.25) is 0 Å². The molecule has 1 aromatic heterocycles. The number of imidazole rings is 1. The summed E-state index contributed by atoms with van der Waals surface area (Å²) in [4.78, 5) is 16.8. The number of aryl methyl sites for hydroxylation is 1. The second kappa shape index (κ2) is 9.25. The molecule has 2 atom stereocenters. The summed E-state index contributed by atoms with van der Waals surface area (Å²) < 4.78 is 82.0. The van der Waals surface area contributed by atoms with Gasteiger partial charge in [-0.05, 0) is 29.8 Å². The maximum atomic E-state index is 13.5. The lowest BCUT2D eigenvalue weighted by atomic mass is 9.94. The van der Waals surface area contributed by atoms with E-state index in [0.29, 0.717) is 5.56 Å². The van der Waals surface area contributed by atoms with Gasteiger partial charge in [-0.1, -0.05) is 29.8 Å². The minimum atomic E-state index is -4.76. The third kappa shape index (κ3) is 5.04. The van der Waals surface area contributed by atoms with Gasteiger partial charge >= 0.3 is 6.18 Å². The Kier molecular flexibility index (Phi) is 6.64. The normalized spacial score (nSPS) is 19.1. The first-order valence-corrected chi connectivity index (χ1v) is 12.1. The van der Waals surface area contributed by atoms with E-state index in [9.17, 15) is 30.8 Å². The molecule has 1 aliphatic rings. The van der Waals surface area contributed by atoms with E-state index >= 15 is 0 Å². The molecule has 1 saturated heterocycles. The molecule has 7 nitrogen and oxygen atoms in total. The van der Waals surface area contributed by atoms with Crippen LogP contribution in [0.1, 0.15) is 27.4 Å². The number of nitrogens with zero attached hydrogens (tertiary/aromatic N) is 3. The summed E-state index contributed by atoms with van der Waals surface area (Å²) in [5.41, 5.74) is -1.01. The summed E-state index contributed by atoms with van der Waals surface area (Å²) >= 11 is 5.89. The van der Waals surface area contributed by atoms with E-state index in [1.807, 2.05) is 0 Å². The molecular weight excluding hydrogens is 512 g/mol. The van der Waals surface area contributed by atoms with Crippen molar-refractivity contribution in [2.45, 2.75) is 23.2 Å². The molecule has 1 N–H and O–H groups in total. The van der Waals surface area contributed by atoms with Gasteiger partial charge in [0.25, 0.3) is 15.9 Å². The first kappa shape index (κ1) is 25.1. The van der Waals surface area contributed by atoms with E-state index in [4.69, 9.17) is 11.6 Å². The minimum absolute atomic E-state index is 0.0637. The molecular formula is C22H19ClF4N4O3S. The largest absolute Gasteiger partial charge is 0.417 e. The maximum Gasteiger partial charge on any atom is 0.417 e. The average molecular weight is 531 g/mol. The smallest absolute Gasteiger partial charge is 0.347 e. The van der Waals surface area contributed by atoms with E-state index in [1.54, 1.807) is 7.05 Å². The molecule has 186 valence electrons. The molecule has 1 fully saturated rings. The van der Waals surface area contributed by atoms with Gasteiger partial charge in [0.1, 0.15) is 5.82 Å². The molecule has 2 aromatic carbocycles. The van der Waals surface area contributed by atoms with Gasteiger partial charge in [0.15, 0.2) is 5.03 Å². The maximum absolute atomic E-state index is 13.5. The highest BCUT2D eigenvalue weighted by molar-refractivity contribution is 7.89. The first-order valence-electron chi connectivity index (χ1n) is 10.3. The average Bonchev–Trinajstić information content (AvgIpc) is 3.41. The number of alkyl halides is 3. The molecule has 2 heterocycles. The van der Waals surface area contributed by atoms with Crippen molar-refractivity contribution in [1.82, 2.24) is 19.2 Å². The summed E-state index contributed by atoms with van der Waals surface area (Å²) in [7, 11) is -2.42. The van der Waals surface area contributed by atoms with Gasteiger partial charge in [-0.2, -0.15) is 17.5 Å². The Morgan fingerprint density at radius 1 is 1.14 bits per heavy atom. The van der Waals surface area contributed by atoms with Crippen molar-refractivity contribution in [2.75, 3.05) is 13.1 Å². The molecule has 3 aromatic rings. The summed E-state index contributed by atoms with van der Waals surface area (Å²) in [5, 5.41) is 1.67. The zero-order valence-electron chi connectivity index (χ0n) is 18.1. The van der Waals surface area contributed by atoms with Crippen molar-refractivity contribution < 1.29 is 30.8 Å². The van der Waals surface area contributed by atoms with E-state index in [0.717, 1.165) is 22.5 Å². The predicted molar refractivity (Wildman–Crippen MR) is 119 cm³/mol. The fourth-order valence-electron chi connectivity index (χ4n) is 3.98. The standard InChI is InChI=1S/C22H19ClF4N4O3S/c1-30-11-19(28-12-30)35(33,34)31-9-16(13-5-7-14(24)8-6-13)18(10-31)29-21(32)15-3-2-4-17(20(15)23)22(25,26)27/h2-8,11-12,16,18H,9-10H2,1H3,(H,29,32)/t16-,18+/m0/s1. The lowest BCUT2D eigenvalue weighted by Gasteiger charge is -2.21. The van der Waals surface area contributed by atoms with Crippen molar-refractivity contribution in [1.29, 1.82) is 0 Å². The molecule has 0 bridgehead atoms. The molecule has 1 aliphatic heterocycles. The molecule has 0 spiro atoms. The molecule has 0 radical (unpaired) electrons. The summed E-state index contributed by atoms with van der Waals surface area (Å²) in [5.74, 6) is -2.00. The van der Waals surface area contributed by atoms with Crippen LogP contribution in [0.2, 0.25) is 5.02 Å². The fourth-order valence-corrected chi connectivity index (χ4v) is 5.76. The van der Waals surface area contributed by atoms with Gasteiger partial charge in [-0.25, -0.2) is 17.8 Å². The van der Waals surface area contributed by atoms with Crippen molar-refractivity contribution in [3.63, 3.8) is 0 Å². The van der Waals surface area contributed by atoms with E-state index in [2.05, 4.69) is 10.3 Å². The third-order valence-corrected chi connectivity index (χ3v) is 7.86. The number of carbonyl (C=O) groups is 1. The molecule has 1 amide bonds. The Labute approximate surface area is 203 Å². The van der Waals surface area contributed by atoms with Crippen molar-refractivity contribution >= 4 is 27.5 Å². The topological polar surface area (TPSA) is 84.3 Å². The summed E-state index contributed by atoms with van der Waals surface area (Å²) in [6.07, 6.45) is -2.10. The Balaban J connectivity index is 1.66. The number of nitrogens with one attached hydrogen (secondary N) is 1. The second-order valence-electron chi connectivity index (χ2n) is 8.10. The van der Waals surface area contributed by atoms with E-state index in [-0.39, 0.29) is 18.1 Å². The van der Waals surface area contributed by atoms with Crippen LogP contribution >= 0.6 is 11.6 Å². The molecule has 13 heteroatoms. The van der Waals surface area contributed by atoms with Crippen molar-refractivity contribution in [3.05, 3.63) is 82.5 Å². The lowest BCUT2D eigenvalue weighted by Crippen LogP contribution is -2.40. The Bertz CT molecular complexity index is 1360. The SMILES string of the molecule is Cn1cnc(S(=O)(=O)N2C[C@@H](NC(=O)c3cccc(C(F)(F)F)c3Cl)[C@H](c3ccc(F)cc3)C2)c1. The zero-order valence-corrected chi connectivity index (χ0v) is 19.7. The van der Waals surface area contributed by atoms with Gasteiger partial charge < -0.3 is 9.88 Å². The lowest BCUT2D eigenvalue weighted by molar-refractivity contribution is -0.137. The highest BCUT2D eigenvalue weighted by Gasteiger charge is 2.42. The van der Waals surface area contributed by atoms with Crippen LogP contribution in [0, 0.1) is 5.82 Å². The highest BCUT2D eigenvalue weighted by atomic mass is 35.5. The Morgan fingerprint density at radius 3 is 2.43 bits per heavy atom. The molecule has 0 aliphatic carbocycles. The van der Waals surface area contributed by atoms with Crippen LogP contribution in [0.3, 0.4) is 0 Å². The van der Waals surface area contributed by atoms with Crippen LogP contribution < -0.4 is 5.32 Å². The fraction of sp³-hybridized carbons (Fsp3) is 0.273. The molecule has 0 saturated carbocycles. The molecule has 4 rings (SSSR count). The monoisotopic (exact) mass is 530 g/mol.